The second-order valence-corrected chi connectivity index (χ2v) is 7.42. The number of nitrogens with zero attached hydrogens (tertiary/aromatic N) is 6. The number of anilines is 2. The zero-order valence-electron chi connectivity index (χ0n) is 16.9. The number of aromatic nitrogens is 4. The Morgan fingerprint density at radius 3 is 2.03 bits per heavy atom. The summed E-state index contributed by atoms with van der Waals surface area (Å²) in [6.07, 6.45) is 0.916. The summed E-state index contributed by atoms with van der Waals surface area (Å²) in [5.41, 5.74) is 0.665. The van der Waals surface area contributed by atoms with Crippen molar-refractivity contribution in [3.05, 3.63) is 18.2 Å². The van der Waals surface area contributed by atoms with E-state index in [1.165, 1.54) is 0 Å². The molecule has 10 nitrogen and oxygen atoms in total. The summed E-state index contributed by atoms with van der Waals surface area (Å²) >= 11 is 0. The molecule has 0 amide bonds. The van der Waals surface area contributed by atoms with Gasteiger partial charge in [-0.3, -0.25) is 0 Å². The van der Waals surface area contributed by atoms with E-state index < -0.39 is 0 Å². The van der Waals surface area contributed by atoms with E-state index in [9.17, 15) is 0 Å². The van der Waals surface area contributed by atoms with E-state index in [2.05, 4.69) is 14.8 Å². The van der Waals surface area contributed by atoms with Gasteiger partial charge in [-0.05, 0) is 6.07 Å². The number of morpholine rings is 2. The van der Waals surface area contributed by atoms with Gasteiger partial charge in [0.2, 0.25) is 17.8 Å². The van der Waals surface area contributed by atoms with Gasteiger partial charge in [-0.1, -0.05) is 6.07 Å². The highest BCUT2D eigenvalue weighted by Gasteiger charge is 2.22. The van der Waals surface area contributed by atoms with Crippen LogP contribution >= 0.6 is 0 Å². The molecule has 1 atom stereocenters. The fraction of sp³-hybridized carbons (Fsp3) is 0.600. The average molecular weight is 414 g/mol. The maximum Gasteiger partial charge on any atom is 0.230 e. The molecule has 5 heterocycles. The molecule has 3 aliphatic heterocycles. The van der Waals surface area contributed by atoms with Crippen LogP contribution < -0.4 is 14.5 Å². The van der Waals surface area contributed by atoms with E-state index in [4.69, 9.17) is 33.9 Å². The second kappa shape index (κ2) is 9.07. The topological polar surface area (TPSA) is 95.0 Å². The van der Waals surface area contributed by atoms with Gasteiger partial charge in [-0.25, -0.2) is 4.98 Å². The largest absolute Gasteiger partial charge is 0.472 e. The van der Waals surface area contributed by atoms with Gasteiger partial charge in [-0.15, -0.1) is 0 Å². The Morgan fingerprint density at radius 2 is 1.43 bits per heavy atom. The molecule has 0 bridgehead atoms. The van der Waals surface area contributed by atoms with Gasteiger partial charge >= 0.3 is 0 Å². The van der Waals surface area contributed by atoms with Crippen LogP contribution in [0, 0.1) is 0 Å². The molecule has 2 aromatic heterocycles. The van der Waals surface area contributed by atoms with Crippen LogP contribution in [0.15, 0.2) is 18.2 Å². The highest BCUT2D eigenvalue weighted by Crippen LogP contribution is 2.24. The Hall–Kier alpha value is -2.56. The SMILES string of the molecule is c1cc(OC2CCOC2)nc(-c2nc(N3CCOCC3)nc(N3CCOCC3)n2)c1. The first-order valence-electron chi connectivity index (χ1n) is 10.5. The number of pyridine rings is 1. The lowest BCUT2D eigenvalue weighted by Crippen LogP contribution is -2.40. The van der Waals surface area contributed by atoms with Gasteiger partial charge in [0.25, 0.3) is 0 Å². The van der Waals surface area contributed by atoms with Crippen LogP contribution in [0.2, 0.25) is 0 Å². The number of hydrogen-bond donors (Lipinski definition) is 0. The van der Waals surface area contributed by atoms with Gasteiger partial charge in [0, 0.05) is 38.7 Å². The summed E-state index contributed by atoms with van der Waals surface area (Å²) < 4.78 is 22.3. The zero-order chi connectivity index (χ0) is 20.2. The van der Waals surface area contributed by atoms with Gasteiger partial charge in [0.05, 0.1) is 39.6 Å². The van der Waals surface area contributed by atoms with E-state index in [1.54, 1.807) is 0 Å². The third-order valence-corrected chi connectivity index (χ3v) is 5.33. The van der Waals surface area contributed by atoms with Crippen LogP contribution in [-0.4, -0.2) is 91.9 Å². The van der Waals surface area contributed by atoms with Gasteiger partial charge in [0.1, 0.15) is 11.8 Å². The molecule has 2 aromatic rings. The summed E-state index contributed by atoms with van der Waals surface area (Å²) in [5.74, 6) is 2.41. The molecule has 0 spiro atoms. The van der Waals surface area contributed by atoms with Crippen LogP contribution in [0.3, 0.4) is 0 Å². The highest BCUT2D eigenvalue weighted by atomic mass is 16.5. The third kappa shape index (κ3) is 4.45. The second-order valence-electron chi connectivity index (χ2n) is 7.42. The van der Waals surface area contributed by atoms with Crippen molar-refractivity contribution in [2.45, 2.75) is 12.5 Å². The summed E-state index contributed by atoms with van der Waals surface area (Å²) in [5, 5.41) is 0. The van der Waals surface area contributed by atoms with Crippen LogP contribution in [0.25, 0.3) is 11.5 Å². The molecule has 0 radical (unpaired) electrons. The first-order chi connectivity index (χ1) is 14.8. The lowest BCUT2D eigenvalue weighted by atomic mass is 10.3. The van der Waals surface area contributed by atoms with Gasteiger partial charge in [-0.2, -0.15) is 15.0 Å². The average Bonchev–Trinajstić information content (AvgIpc) is 3.33. The van der Waals surface area contributed by atoms with Crippen LogP contribution in [0.5, 0.6) is 5.88 Å². The molecule has 3 fully saturated rings. The van der Waals surface area contributed by atoms with Crippen molar-refractivity contribution >= 4 is 11.9 Å². The molecule has 0 N–H and O–H groups in total. The molecule has 0 aliphatic carbocycles. The number of rotatable bonds is 5. The number of hydrogen-bond acceptors (Lipinski definition) is 10. The third-order valence-electron chi connectivity index (χ3n) is 5.33. The molecule has 30 heavy (non-hydrogen) atoms. The van der Waals surface area contributed by atoms with Gasteiger partial charge < -0.3 is 28.7 Å². The molecular weight excluding hydrogens is 388 g/mol. The van der Waals surface area contributed by atoms with Crippen molar-refractivity contribution in [1.29, 1.82) is 0 Å². The van der Waals surface area contributed by atoms with Crippen LogP contribution in [-0.2, 0) is 14.2 Å². The molecule has 10 heteroatoms. The Kier molecular flexibility index (Phi) is 5.87. The number of ether oxygens (including phenoxy) is 4. The van der Waals surface area contributed by atoms with Crippen molar-refractivity contribution in [2.24, 2.45) is 0 Å². The van der Waals surface area contributed by atoms with Gasteiger partial charge in [0.15, 0.2) is 5.82 Å². The van der Waals surface area contributed by atoms with E-state index in [0.717, 1.165) is 39.2 Å². The predicted octanol–water partition coefficient (Wildman–Crippen LogP) is 0.774. The molecule has 0 aromatic carbocycles. The smallest absolute Gasteiger partial charge is 0.230 e. The van der Waals surface area contributed by atoms with Crippen molar-refractivity contribution in [3.8, 4) is 17.4 Å². The first kappa shape index (κ1) is 19.4. The lowest BCUT2D eigenvalue weighted by molar-refractivity contribution is 0.121. The molecular formula is C20H26N6O4. The fourth-order valence-electron chi connectivity index (χ4n) is 3.66. The Balaban J connectivity index is 1.46. The fourth-order valence-corrected chi connectivity index (χ4v) is 3.66. The highest BCUT2D eigenvalue weighted by molar-refractivity contribution is 5.55. The van der Waals surface area contributed by atoms with E-state index in [1.807, 2.05) is 18.2 Å². The lowest BCUT2D eigenvalue weighted by Gasteiger charge is -2.30. The monoisotopic (exact) mass is 414 g/mol. The predicted molar refractivity (Wildman–Crippen MR) is 109 cm³/mol. The summed E-state index contributed by atoms with van der Waals surface area (Å²) in [4.78, 5) is 23.2. The minimum atomic E-state index is 0.0407. The molecule has 0 saturated carbocycles. The first-order valence-corrected chi connectivity index (χ1v) is 10.5. The van der Waals surface area contributed by atoms with Crippen molar-refractivity contribution < 1.29 is 18.9 Å². The summed E-state index contributed by atoms with van der Waals surface area (Å²) in [6, 6.07) is 5.67. The van der Waals surface area contributed by atoms with Crippen LogP contribution in [0.1, 0.15) is 6.42 Å². The molecule has 1 unspecified atom stereocenters. The maximum absolute atomic E-state index is 5.97. The van der Waals surface area contributed by atoms with E-state index in [0.29, 0.717) is 62.3 Å². The van der Waals surface area contributed by atoms with Crippen molar-refractivity contribution in [2.75, 3.05) is 75.6 Å². The Bertz CT molecular complexity index is 815. The minimum absolute atomic E-state index is 0.0407. The molecule has 160 valence electrons. The quantitative estimate of drug-likeness (QED) is 0.698. The van der Waals surface area contributed by atoms with Crippen molar-refractivity contribution in [3.63, 3.8) is 0 Å². The standard InChI is InChI=1S/C20H26N6O4/c1-2-16(21-17(3-1)30-15-4-9-29-14-15)18-22-19(25-5-10-27-11-6-25)24-20(23-18)26-7-12-28-13-8-26/h1-3,15H,4-14H2. The van der Waals surface area contributed by atoms with E-state index in [-0.39, 0.29) is 6.10 Å². The minimum Gasteiger partial charge on any atom is -0.472 e. The molecule has 3 aliphatic rings. The summed E-state index contributed by atoms with van der Waals surface area (Å²) in [6.45, 7) is 7.00. The van der Waals surface area contributed by atoms with E-state index >= 15 is 0 Å². The zero-order valence-corrected chi connectivity index (χ0v) is 16.9. The Morgan fingerprint density at radius 1 is 0.767 bits per heavy atom. The maximum atomic E-state index is 5.97. The Labute approximate surface area is 175 Å². The molecule has 5 rings (SSSR count). The van der Waals surface area contributed by atoms with Crippen LogP contribution in [0.4, 0.5) is 11.9 Å². The summed E-state index contributed by atoms with van der Waals surface area (Å²) in [7, 11) is 0. The normalized spacial score (nSPS) is 22.3. The molecule has 3 saturated heterocycles. The van der Waals surface area contributed by atoms with Crippen molar-refractivity contribution in [1.82, 2.24) is 19.9 Å².